The predicted octanol–water partition coefficient (Wildman–Crippen LogP) is 4.00. The molecule has 4 heterocycles. The first kappa shape index (κ1) is 26.6. The van der Waals surface area contributed by atoms with Gasteiger partial charge in [-0.3, -0.25) is 0 Å². The van der Waals surface area contributed by atoms with Crippen LogP contribution in [0.4, 0.5) is 11.6 Å². The summed E-state index contributed by atoms with van der Waals surface area (Å²) in [7, 11) is 0. The molecule has 2 aromatic heterocycles. The maximum absolute atomic E-state index is 5.66. The van der Waals surface area contributed by atoms with Gasteiger partial charge in [0.05, 0.1) is 6.61 Å². The number of ether oxygens (including phenoxy) is 2. The van der Waals surface area contributed by atoms with Crippen molar-refractivity contribution in [2.24, 2.45) is 0 Å². The van der Waals surface area contributed by atoms with Gasteiger partial charge in [0.1, 0.15) is 6.61 Å². The van der Waals surface area contributed by atoms with Gasteiger partial charge in [0.15, 0.2) is 16.8 Å². The second kappa shape index (κ2) is 15.3. The number of nitrogens with zero attached hydrogens (tertiary/aromatic N) is 6. The number of halogens is 1. The molecule has 0 atom stereocenters. The van der Waals surface area contributed by atoms with E-state index >= 15 is 0 Å². The number of hydrogen-bond acceptors (Lipinski definition) is 8. The second-order valence-electron chi connectivity index (χ2n) is 7.58. The van der Waals surface area contributed by atoms with Crippen molar-refractivity contribution in [1.82, 2.24) is 20.4 Å². The third-order valence-electron chi connectivity index (χ3n) is 5.29. The van der Waals surface area contributed by atoms with Gasteiger partial charge in [-0.1, -0.05) is 11.6 Å². The third-order valence-corrected chi connectivity index (χ3v) is 5.49. The summed E-state index contributed by atoms with van der Waals surface area (Å²) in [6.07, 6.45) is 7.65. The van der Waals surface area contributed by atoms with Crippen molar-refractivity contribution in [3.05, 3.63) is 29.4 Å². The van der Waals surface area contributed by atoms with Gasteiger partial charge in [0.2, 0.25) is 5.88 Å². The zero-order valence-corrected chi connectivity index (χ0v) is 21.0. The van der Waals surface area contributed by atoms with Crippen LogP contribution in [0, 0.1) is 0 Å². The van der Waals surface area contributed by atoms with Crippen LogP contribution in [0.25, 0.3) is 0 Å². The van der Waals surface area contributed by atoms with Crippen LogP contribution in [-0.2, 0) is 23.3 Å². The molecule has 8 nitrogen and oxygen atoms in total. The molecule has 0 spiro atoms. The van der Waals surface area contributed by atoms with E-state index in [-0.39, 0.29) is 18.6 Å². The van der Waals surface area contributed by atoms with E-state index < -0.39 is 0 Å². The summed E-state index contributed by atoms with van der Waals surface area (Å²) < 4.78 is 10.6. The Balaban J connectivity index is 0.000000230. The Kier molecular flexibility index (Phi) is 12.7. The summed E-state index contributed by atoms with van der Waals surface area (Å²) >= 11 is 5.66. The van der Waals surface area contributed by atoms with Crippen LogP contribution in [0.3, 0.4) is 0 Å². The molecular formula is C22H33ClN6O2V. The number of hydrogen-bond donors (Lipinski definition) is 0. The Morgan fingerprint density at radius 3 is 1.78 bits per heavy atom. The maximum atomic E-state index is 5.66. The predicted molar refractivity (Wildman–Crippen MR) is 123 cm³/mol. The summed E-state index contributed by atoms with van der Waals surface area (Å²) in [5, 5.41) is 16.6. The topological polar surface area (TPSA) is 76.5 Å². The summed E-state index contributed by atoms with van der Waals surface area (Å²) in [5.74, 6) is 2.46. The van der Waals surface area contributed by atoms with Gasteiger partial charge < -0.3 is 19.3 Å². The van der Waals surface area contributed by atoms with Crippen LogP contribution in [0.5, 0.6) is 5.88 Å². The fourth-order valence-corrected chi connectivity index (χ4v) is 3.73. The largest absolute Gasteiger partial charge is 0.474 e. The zero-order valence-electron chi connectivity index (χ0n) is 18.8. The molecule has 0 aromatic carbocycles. The monoisotopic (exact) mass is 499 g/mol. The first-order valence-corrected chi connectivity index (χ1v) is 11.7. The van der Waals surface area contributed by atoms with E-state index in [0.717, 1.165) is 37.8 Å². The van der Waals surface area contributed by atoms with Crippen LogP contribution in [-0.4, -0.2) is 66.4 Å². The number of rotatable bonds is 7. The first-order chi connectivity index (χ1) is 15.3. The van der Waals surface area contributed by atoms with E-state index in [0.29, 0.717) is 30.9 Å². The van der Waals surface area contributed by atoms with E-state index in [1.807, 2.05) is 25.1 Å². The quantitative estimate of drug-likeness (QED) is 0.529. The van der Waals surface area contributed by atoms with Crippen molar-refractivity contribution in [2.45, 2.75) is 45.4 Å². The van der Waals surface area contributed by atoms with E-state index in [9.17, 15) is 0 Å². The Labute approximate surface area is 207 Å². The van der Waals surface area contributed by atoms with Crippen LogP contribution in [0.2, 0.25) is 5.15 Å². The number of aromatic nitrogens is 4. The molecule has 2 fully saturated rings. The van der Waals surface area contributed by atoms with E-state index in [2.05, 4.69) is 30.2 Å². The Morgan fingerprint density at radius 2 is 1.31 bits per heavy atom. The van der Waals surface area contributed by atoms with Crippen LogP contribution in [0.15, 0.2) is 24.3 Å². The van der Waals surface area contributed by atoms with E-state index in [4.69, 9.17) is 21.1 Å². The molecule has 2 aliphatic heterocycles. The van der Waals surface area contributed by atoms with Crippen LogP contribution < -0.4 is 14.5 Å². The van der Waals surface area contributed by atoms with Gasteiger partial charge >= 0.3 is 0 Å². The average molecular weight is 500 g/mol. The average Bonchev–Trinajstić information content (AvgIpc) is 2.84. The van der Waals surface area contributed by atoms with Crippen LogP contribution >= 0.6 is 11.6 Å². The van der Waals surface area contributed by atoms with Crippen molar-refractivity contribution in [3.8, 4) is 5.88 Å². The van der Waals surface area contributed by atoms with Crippen molar-refractivity contribution < 1.29 is 28.0 Å². The van der Waals surface area contributed by atoms with Crippen molar-refractivity contribution in [3.63, 3.8) is 0 Å². The fourth-order valence-electron chi connectivity index (χ4n) is 3.63. The van der Waals surface area contributed by atoms with Crippen molar-refractivity contribution >= 4 is 23.2 Å². The minimum Gasteiger partial charge on any atom is -0.474 e. The maximum Gasteiger partial charge on any atom is 0.233 e. The summed E-state index contributed by atoms with van der Waals surface area (Å²) in [6, 6.07) is 7.58. The van der Waals surface area contributed by atoms with Gasteiger partial charge in [0.25, 0.3) is 0 Å². The normalized spacial score (nSPS) is 15.9. The van der Waals surface area contributed by atoms with Gasteiger partial charge in [-0.15, -0.1) is 20.4 Å². The van der Waals surface area contributed by atoms with Gasteiger partial charge in [-0.25, -0.2) is 0 Å². The van der Waals surface area contributed by atoms with Crippen molar-refractivity contribution in [2.75, 3.05) is 55.8 Å². The standard InChI is InChI=1S/C13H21N3O2.C9H12ClN3.V/c1-2-17-10-11-18-13-7-6-12(14-15-13)16-8-4-3-5-9-16;10-8-4-5-9(12-11-8)13-6-2-1-3-7-13;/h6-7H,2-5,8-11H2,1H3;4-5H,1-3,6-7H2;. The summed E-state index contributed by atoms with van der Waals surface area (Å²) in [6.45, 7) is 8.14. The molecule has 2 aromatic rings. The molecule has 4 rings (SSSR count). The molecule has 0 amide bonds. The molecule has 2 saturated heterocycles. The molecule has 1 radical (unpaired) electrons. The minimum absolute atomic E-state index is 0. The summed E-state index contributed by atoms with van der Waals surface area (Å²) in [5.41, 5.74) is 0. The number of anilines is 2. The van der Waals surface area contributed by atoms with Crippen molar-refractivity contribution in [1.29, 1.82) is 0 Å². The van der Waals surface area contributed by atoms with Gasteiger partial charge in [-0.2, -0.15) is 0 Å². The molecule has 0 N–H and O–H groups in total. The molecule has 175 valence electrons. The molecule has 0 aliphatic carbocycles. The SMILES string of the molecule is CCOCCOc1ccc(N2CCCCC2)nn1.Clc1ccc(N2CCCCC2)nn1.[V]. The summed E-state index contributed by atoms with van der Waals surface area (Å²) in [4.78, 5) is 4.54. The molecular weight excluding hydrogens is 467 g/mol. The zero-order chi connectivity index (χ0) is 21.7. The van der Waals surface area contributed by atoms with E-state index in [1.54, 1.807) is 6.07 Å². The van der Waals surface area contributed by atoms with E-state index in [1.165, 1.54) is 38.5 Å². The Morgan fingerprint density at radius 1 is 0.750 bits per heavy atom. The Bertz CT molecular complexity index is 741. The number of piperidine rings is 2. The third kappa shape index (κ3) is 9.10. The molecule has 10 heteroatoms. The van der Waals surface area contributed by atoms with Gasteiger partial charge in [0, 0.05) is 57.4 Å². The molecule has 0 unspecified atom stereocenters. The molecule has 32 heavy (non-hydrogen) atoms. The minimum atomic E-state index is 0. The molecule has 0 bridgehead atoms. The fraction of sp³-hybridized carbons (Fsp3) is 0.636. The molecule has 0 saturated carbocycles. The smallest absolute Gasteiger partial charge is 0.233 e. The Hall–Kier alpha value is -1.61. The first-order valence-electron chi connectivity index (χ1n) is 11.3. The molecule has 2 aliphatic rings. The van der Waals surface area contributed by atoms with Crippen LogP contribution in [0.1, 0.15) is 45.4 Å². The van der Waals surface area contributed by atoms with Gasteiger partial charge in [-0.05, 0) is 63.6 Å². The second-order valence-corrected chi connectivity index (χ2v) is 7.97.